The standard InChI is InChI=1S/C9H16N4O3/c1-10-7-6(11-4-5-14)8(15)13(3)9(16)12(7)2/h10-11,14H,4-5H2,1-3H3. The molecule has 0 saturated heterocycles. The Morgan fingerprint density at radius 3 is 2.38 bits per heavy atom. The van der Waals surface area contributed by atoms with E-state index in [2.05, 4.69) is 10.6 Å². The summed E-state index contributed by atoms with van der Waals surface area (Å²) in [5, 5.41) is 14.3. The van der Waals surface area contributed by atoms with Crippen LogP contribution in [0.15, 0.2) is 9.59 Å². The summed E-state index contributed by atoms with van der Waals surface area (Å²) in [6, 6.07) is 0. The summed E-state index contributed by atoms with van der Waals surface area (Å²) in [4.78, 5) is 23.4. The van der Waals surface area contributed by atoms with Crippen LogP contribution in [0.25, 0.3) is 0 Å². The van der Waals surface area contributed by atoms with Gasteiger partial charge >= 0.3 is 5.69 Å². The molecule has 0 aliphatic rings. The van der Waals surface area contributed by atoms with Gasteiger partial charge in [0.15, 0.2) is 0 Å². The minimum atomic E-state index is -0.416. The first-order chi connectivity index (χ1) is 7.54. The highest BCUT2D eigenvalue weighted by molar-refractivity contribution is 5.63. The zero-order chi connectivity index (χ0) is 12.3. The van der Waals surface area contributed by atoms with Crippen LogP contribution in [0.2, 0.25) is 0 Å². The number of aromatic nitrogens is 2. The number of hydrogen-bond donors (Lipinski definition) is 3. The molecule has 1 heterocycles. The molecule has 1 aromatic rings. The largest absolute Gasteiger partial charge is 0.395 e. The molecule has 0 saturated carbocycles. The van der Waals surface area contributed by atoms with Crippen molar-refractivity contribution in [2.75, 3.05) is 30.8 Å². The molecular weight excluding hydrogens is 212 g/mol. The Hall–Kier alpha value is -1.76. The molecule has 0 radical (unpaired) electrons. The second kappa shape index (κ2) is 4.84. The maximum Gasteiger partial charge on any atom is 0.332 e. The quantitative estimate of drug-likeness (QED) is 0.585. The number of nitrogens with zero attached hydrogens (tertiary/aromatic N) is 2. The van der Waals surface area contributed by atoms with E-state index in [1.54, 1.807) is 14.1 Å². The van der Waals surface area contributed by atoms with Crippen molar-refractivity contribution in [2.24, 2.45) is 14.1 Å². The first-order valence-electron chi connectivity index (χ1n) is 4.87. The molecule has 0 unspecified atom stereocenters. The maximum atomic E-state index is 11.8. The molecule has 0 fully saturated rings. The fraction of sp³-hybridized carbons (Fsp3) is 0.556. The van der Waals surface area contributed by atoms with Gasteiger partial charge in [-0.1, -0.05) is 0 Å². The summed E-state index contributed by atoms with van der Waals surface area (Å²) < 4.78 is 2.35. The molecule has 0 atom stereocenters. The van der Waals surface area contributed by atoms with Gasteiger partial charge in [0.2, 0.25) is 0 Å². The van der Waals surface area contributed by atoms with Crippen molar-refractivity contribution in [2.45, 2.75) is 0 Å². The van der Waals surface area contributed by atoms with Crippen LogP contribution in [0.1, 0.15) is 0 Å². The average Bonchev–Trinajstić information content (AvgIpc) is 2.29. The molecule has 1 aromatic heterocycles. The minimum Gasteiger partial charge on any atom is -0.395 e. The molecule has 7 nitrogen and oxygen atoms in total. The van der Waals surface area contributed by atoms with Gasteiger partial charge in [0, 0.05) is 27.7 Å². The number of anilines is 2. The van der Waals surface area contributed by atoms with Crippen molar-refractivity contribution in [1.82, 2.24) is 9.13 Å². The number of rotatable bonds is 4. The third-order valence-corrected chi connectivity index (χ3v) is 2.31. The highest BCUT2D eigenvalue weighted by Gasteiger charge is 2.13. The van der Waals surface area contributed by atoms with Crippen molar-refractivity contribution in [3.05, 3.63) is 20.8 Å². The Balaban J connectivity index is 3.45. The number of hydrogen-bond acceptors (Lipinski definition) is 5. The molecule has 0 aliphatic carbocycles. The van der Waals surface area contributed by atoms with Crippen molar-refractivity contribution >= 4 is 11.5 Å². The average molecular weight is 228 g/mol. The second-order valence-corrected chi connectivity index (χ2v) is 3.33. The van der Waals surface area contributed by atoms with Crippen LogP contribution in [0, 0.1) is 0 Å². The lowest BCUT2D eigenvalue weighted by Gasteiger charge is -2.15. The van der Waals surface area contributed by atoms with Gasteiger partial charge in [0.25, 0.3) is 5.56 Å². The Morgan fingerprint density at radius 2 is 1.88 bits per heavy atom. The van der Waals surface area contributed by atoms with E-state index in [4.69, 9.17) is 5.11 Å². The predicted molar refractivity (Wildman–Crippen MR) is 62.0 cm³/mol. The van der Waals surface area contributed by atoms with E-state index in [0.29, 0.717) is 5.82 Å². The van der Waals surface area contributed by atoms with Crippen LogP contribution in [0.5, 0.6) is 0 Å². The fourth-order valence-corrected chi connectivity index (χ4v) is 1.48. The summed E-state index contributed by atoms with van der Waals surface area (Å²) in [5.74, 6) is 0.404. The second-order valence-electron chi connectivity index (χ2n) is 3.33. The summed E-state index contributed by atoms with van der Waals surface area (Å²) in [6.45, 7) is 0.164. The van der Waals surface area contributed by atoms with Crippen LogP contribution in [0.3, 0.4) is 0 Å². The Kier molecular flexibility index (Phi) is 3.73. The normalized spacial score (nSPS) is 10.2. The fourth-order valence-electron chi connectivity index (χ4n) is 1.48. The van der Waals surface area contributed by atoms with Crippen molar-refractivity contribution in [3.63, 3.8) is 0 Å². The molecular formula is C9H16N4O3. The minimum absolute atomic E-state index is 0.0881. The molecule has 0 amide bonds. The van der Waals surface area contributed by atoms with Crippen molar-refractivity contribution in [3.8, 4) is 0 Å². The van der Waals surface area contributed by atoms with Crippen LogP contribution in [-0.4, -0.2) is 34.4 Å². The van der Waals surface area contributed by atoms with Gasteiger partial charge < -0.3 is 15.7 Å². The van der Waals surface area contributed by atoms with Crippen LogP contribution < -0.4 is 21.9 Å². The predicted octanol–water partition coefficient (Wildman–Crippen LogP) is -1.47. The number of aliphatic hydroxyl groups is 1. The Morgan fingerprint density at radius 1 is 1.25 bits per heavy atom. The zero-order valence-corrected chi connectivity index (χ0v) is 9.57. The van der Waals surface area contributed by atoms with Gasteiger partial charge in [-0.25, -0.2) is 4.79 Å². The first kappa shape index (κ1) is 12.3. The molecule has 1 rings (SSSR count). The Bertz CT molecular complexity index is 489. The van der Waals surface area contributed by atoms with Gasteiger partial charge in [-0.15, -0.1) is 0 Å². The lowest BCUT2D eigenvalue weighted by atomic mass is 10.4. The summed E-state index contributed by atoms with van der Waals surface area (Å²) >= 11 is 0. The number of nitrogens with one attached hydrogen (secondary N) is 2. The van der Waals surface area contributed by atoms with E-state index in [0.717, 1.165) is 4.57 Å². The Labute approximate surface area is 92.3 Å². The van der Waals surface area contributed by atoms with E-state index in [9.17, 15) is 9.59 Å². The van der Waals surface area contributed by atoms with Crippen LogP contribution in [0.4, 0.5) is 11.5 Å². The molecule has 0 spiro atoms. The summed E-state index contributed by atoms with van der Waals surface area (Å²) in [5.41, 5.74) is -0.536. The molecule has 3 N–H and O–H groups in total. The first-order valence-corrected chi connectivity index (χ1v) is 4.87. The van der Waals surface area contributed by atoms with Gasteiger partial charge in [0.1, 0.15) is 11.5 Å². The van der Waals surface area contributed by atoms with Gasteiger partial charge in [-0.05, 0) is 0 Å². The van der Waals surface area contributed by atoms with E-state index < -0.39 is 11.2 Å². The van der Waals surface area contributed by atoms with Crippen molar-refractivity contribution in [1.29, 1.82) is 0 Å². The molecule has 0 bridgehead atoms. The van der Waals surface area contributed by atoms with Gasteiger partial charge in [0.05, 0.1) is 6.61 Å². The van der Waals surface area contributed by atoms with Crippen molar-refractivity contribution < 1.29 is 5.11 Å². The maximum absolute atomic E-state index is 11.8. The summed E-state index contributed by atoms with van der Waals surface area (Å²) in [6.07, 6.45) is 0. The smallest absolute Gasteiger partial charge is 0.332 e. The van der Waals surface area contributed by atoms with E-state index in [-0.39, 0.29) is 18.8 Å². The monoisotopic (exact) mass is 228 g/mol. The third-order valence-electron chi connectivity index (χ3n) is 2.31. The van der Waals surface area contributed by atoms with Gasteiger partial charge in [-0.3, -0.25) is 13.9 Å². The van der Waals surface area contributed by atoms with Gasteiger partial charge in [-0.2, -0.15) is 0 Å². The zero-order valence-electron chi connectivity index (χ0n) is 9.57. The highest BCUT2D eigenvalue weighted by Crippen LogP contribution is 2.12. The SMILES string of the molecule is CNc1c(NCCO)c(=O)n(C)c(=O)n1C. The molecule has 0 aliphatic heterocycles. The number of aliphatic hydroxyl groups excluding tert-OH is 1. The molecule has 16 heavy (non-hydrogen) atoms. The molecule has 0 aromatic carbocycles. The topological polar surface area (TPSA) is 88.3 Å². The van der Waals surface area contributed by atoms with E-state index >= 15 is 0 Å². The van der Waals surface area contributed by atoms with Crippen LogP contribution in [-0.2, 0) is 14.1 Å². The lowest BCUT2D eigenvalue weighted by molar-refractivity contribution is 0.311. The third kappa shape index (κ3) is 1.94. The van der Waals surface area contributed by atoms with E-state index in [1.165, 1.54) is 11.6 Å². The molecule has 90 valence electrons. The molecule has 7 heteroatoms. The summed E-state index contributed by atoms with van der Waals surface area (Å²) in [7, 11) is 4.60. The van der Waals surface area contributed by atoms with E-state index in [1.807, 2.05) is 0 Å². The van der Waals surface area contributed by atoms with Crippen LogP contribution >= 0.6 is 0 Å². The highest BCUT2D eigenvalue weighted by atomic mass is 16.3. The lowest BCUT2D eigenvalue weighted by Crippen LogP contribution is -2.39.